The lowest BCUT2D eigenvalue weighted by atomic mass is 9.94. The summed E-state index contributed by atoms with van der Waals surface area (Å²) < 4.78 is 0. The van der Waals surface area contributed by atoms with Crippen LogP contribution in [-0.4, -0.2) is 35.3 Å². The number of guanidine groups is 1. The smallest absolute Gasteiger partial charge is 0.270 e. The molecule has 2 fully saturated rings. The van der Waals surface area contributed by atoms with E-state index in [0.29, 0.717) is 19.4 Å². The molecule has 0 spiro atoms. The van der Waals surface area contributed by atoms with Crippen LogP contribution in [0.4, 0.5) is 0 Å². The number of nitrogens with one attached hydrogen (secondary N) is 2. The molecule has 0 atom stereocenters. The third-order valence-corrected chi connectivity index (χ3v) is 3.17. The Morgan fingerprint density at radius 2 is 1.88 bits per heavy atom. The summed E-state index contributed by atoms with van der Waals surface area (Å²) in [6.07, 6.45) is 6.36. The Balaban J connectivity index is 1.82. The zero-order chi connectivity index (χ0) is 11.4. The van der Waals surface area contributed by atoms with Gasteiger partial charge < -0.3 is 10.6 Å². The summed E-state index contributed by atoms with van der Waals surface area (Å²) in [4.78, 5) is 12.5. The Bertz CT molecular complexity index is 278. The number of nitro groups is 1. The lowest BCUT2D eigenvalue weighted by Crippen LogP contribution is -2.58. The molecule has 1 heterocycles. The van der Waals surface area contributed by atoms with E-state index in [1.165, 1.54) is 32.1 Å². The van der Waals surface area contributed by atoms with Gasteiger partial charge in [-0.3, -0.25) is 4.90 Å². The minimum absolute atomic E-state index is 0.261. The van der Waals surface area contributed by atoms with E-state index in [2.05, 4.69) is 20.6 Å². The molecular weight excluding hydrogens is 210 g/mol. The zero-order valence-corrected chi connectivity index (χ0v) is 9.19. The summed E-state index contributed by atoms with van der Waals surface area (Å²) in [6, 6.07) is 0.603. The fraction of sp³-hybridized carbons (Fsp3) is 0.889. The highest BCUT2D eigenvalue weighted by Gasteiger charge is 2.24. The van der Waals surface area contributed by atoms with Crippen LogP contribution in [0.5, 0.6) is 0 Å². The monoisotopic (exact) mass is 227 g/mol. The van der Waals surface area contributed by atoms with E-state index in [1.807, 2.05) is 0 Å². The molecule has 1 saturated heterocycles. The largest absolute Gasteiger partial charge is 0.338 e. The number of hydrogen-bond donors (Lipinski definition) is 2. The minimum Gasteiger partial charge on any atom is -0.338 e. The Kier molecular flexibility index (Phi) is 3.55. The van der Waals surface area contributed by atoms with Crippen molar-refractivity contribution in [2.24, 2.45) is 5.10 Å². The van der Waals surface area contributed by atoms with Crippen LogP contribution in [0.15, 0.2) is 5.10 Å². The normalized spacial score (nSPS) is 23.4. The third-order valence-electron chi connectivity index (χ3n) is 3.17. The molecule has 0 radical (unpaired) electrons. The lowest BCUT2D eigenvalue weighted by molar-refractivity contribution is -0.485. The molecule has 7 nitrogen and oxygen atoms in total. The van der Waals surface area contributed by atoms with Crippen LogP contribution in [-0.2, 0) is 0 Å². The fourth-order valence-electron chi connectivity index (χ4n) is 2.33. The van der Waals surface area contributed by atoms with Crippen molar-refractivity contribution in [3.8, 4) is 0 Å². The predicted octanol–water partition coefficient (Wildman–Crippen LogP) is 0.277. The van der Waals surface area contributed by atoms with E-state index in [-0.39, 0.29) is 5.96 Å². The molecule has 0 amide bonds. The Hall–Kier alpha value is -1.37. The highest BCUT2D eigenvalue weighted by molar-refractivity contribution is 5.79. The van der Waals surface area contributed by atoms with Gasteiger partial charge in [-0.1, -0.05) is 19.3 Å². The number of hydrazone groups is 1. The van der Waals surface area contributed by atoms with Crippen molar-refractivity contribution in [3.63, 3.8) is 0 Å². The van der Waals surface area contributed by atoms with Crippen molar-refractivity contribution in [2.75, 3.05) is 13.3 Å². The predicted molar refractivity (Wildman–Crippen MR) is 59.1 cm³/mol. The van der Waals surface area contributed by atoms with E-state index >= 15 is 0 Å². The number of hydrogen-bond acceptors (Lipinski definition) is 3. The van der Waals surface area contributed by atoms with Crippen molar-refractivity contribution < 1.29 is 5.03 Å². The fourth-order valence-corrected chi connectivity index (χ4v) is 2.33. The first-order valence-corrected chi connectivity index (χ1v) is 5.70. The first-order valence-electron chi connectivity index (χ1n) is 5.70. The van der Waals surface area contributed by atoms with Crippen molar-refractivity contribution >= 4 is 5.96 Å². The van der Waals surface area contributed by atoms with Crippen LogP contribution in [0.25, 0.3) is 0 Å². The molecule has 0 unspecified atom stereocenters. The maximum absolute atomic E-state index is 10.2. The van der Waals surface area contributed by atoms with Gasteiger partial charge in [0.1, 0.15) is 5.10 Å². The summed E-state index contributed by atoms with van der Waals surface area (Å²) in [5.74, 6) is 0.261. The quantitative estimate of drug-likeness (QED) is 0.523. The Morgan fingerprint density at radius 3 is 2.44 bits per heavy atom. The zero-order valence-electron chi connectivity index (χ0n) is 9.19. The van der Waals surface area contributed by atoms with Gasteiger partial charge >= 0.3 is 0 Å². The van der Waals surface area contributed by atoms with Gasteiger partial charge in [-0.05, 0) is 12.8 Å². The molecule has 0 bridgehead atoms. The third kappa shape index (κ3) is 2.82. The molecule has 90 valence electrons. The average Bonchev–Trinajstić information content (AvgIpc) is 2.30. The molecule has 0 aromatic carbocycles. The second-order valence-corrected chi connectivity index (χ2v) is 4.24. The van der Waals surface area contributed by atoms with E-state index in [4.69, 9.17) is 0 Å². The van der Waals surface area contributed by atoms with E-state index in [9.17, 15) is 10.1 Å². The average molecular weight is 227 g/mol. The molecule has 2 aliphatic rings. The summed E-state index contributed by atoms with van der Waals surface area (Å²) in [5.41, 5.74) is 0. The molecule has 2 N–H and O–H groups in total. The second-order valence-electron chi connectivity index (χ2n) is 4.24. The minimum atomic E-state index is -0.689. The standard InChI is InChI=1S/C9H17N5O2/c15-14(16)12-9-10-6-13(7-11-9)8-4-2-1-3-5-8/h8H,1-7H2,(H2,10,11,12). The van der Waals surface area contributed by atoms with E-state index in [0.717, 1.165) is 0 Å². The van der Waals surface area contributed by atoms with Gasteiger partial charge in [0.25, 0.3) is 5.96 Å². The Morgan fingerprint density at radius 1 is 1.25 bits per heavy atom. The first kappa shape index (κ1) is 11.1. The molecule has 1 aliphatic heterocycles. The maximum atomic E-state index is 10.2. The summed E-state index contributed by atoms with van der Waals surface area (Å²) in [6.45, 7) is 1.29. The highest BCUT2D eigenvalue weighted by atomic mass is 16.7. The molecule has 7 heteroatoms. The van der Waals surface area contributed by atoms with Gasteiger partial charge in [-0.15, -0.1) is 0 Å². The first-order chi connectivity index (χ1) is 7.75. The van der Waals surface area contributed by atoms with Crippen molar-refractivity contribution in [1.82, 2.24) is 15.5 Å². The second kappa shape index (κ2) is 5.11. The molecule has 2 rings (SSSR count). The molecular formula is C9H17N5O2. The lowest BCUT2D eigenvalue weighted by Gasteiger charge is -2.37. The van der Waals surface area contributed by atoms with Gasteiger partial charge in [0.2, 0.25) is 0 Å². The van der Waals surface area contributed by atoms with Crippen LogP contribution in [0.3, 0.4) is 0 Å². The maximum Gasteiger partial charge on any atom is 0.270 e. The van der Waals surface area contributed by atoms with Crippen molar-refractivity contribution in [2.45, 2.75) is 38.1 Å². The summed E-state index contributed by atoms with van der Waals surface area (Å²) >= 11 is 0. The molecule has 0 aromatic rings. The van der Waals surface area contributed by atoms with Crippen LogP contribution >= 0.6 is 0 Å². The number of nitrogens with zero attached hydrogens (tertiary/aromatic N) is 3. The van der Waals surface area contributed by atoms with Gasteiger partial charge in [-0.2, -0.15) is 0 Å². The van der Waals surface area contributed by atoms with Crippen molar-refractivity contribution in [1.29, 1.82) is 0 Å². The van der Waals surface area contributed by atoms with Gasteiger partial charge in [0.15, 0.2) is 5.03 Å². The van der Waals surface area contributed by atoms with Crippen LogP contribution in [0, 0.1) is 10.1 Å². The van der Waals surface area contributed by atoms with Crippen LogP contribution in [0.2, 0.25) is 0 Å². The highest BCUT2D eigenvalue weighted by Crippen LogP contribution is 2.22. The van der Waals surface area contributed by atoms with Crippen LogP contribution < -0.4 is 10.6 Å². The molecule has 1 saturated carbocycles. The van der Waals surface area contributed by atoms with Gasteiger partial charge in [-0.25, -0.2) is 10.1 Å². The molecule has 0 aromatic heterocycles. The number of rotatable bonds is 2. The summed E-state index contributed by atoms with van der Waals surface area (Å²) in [5, 5.41) is 18.5. The SMILES string of the molecule is O=[N+]([O-])N=C1NCN(C2CCCCC2)CN1. The topological polar surface area (TPSA) is 82.8 Å². The van der Waals surface area contributed by atoms with Crippen molar-refractivity contribution in [3.05, 3.63) is 10.1 Å². The van der Waals surface area contributed by atoms with Gasteiger partial charge in [0, 0.05) is 6.04 Å². The molecule has 16 heavy (non-hydrogen) atoms. The van der Waals surface area contributed by atoms with Gasteiger partial charge in [0.05, 0.1) is 13.3 Å². The van der Waals surface area contributed by atoms with Crippen LogP contribution in [0.1, 0.15) is 32.1 Å². The summed E-state index contributed by atoms with van der Waals surface area (Å²) in [7, 11) is 0. The molecule has 1 aliphatic carbocycles. The Labute approximate surface area is 94.0 Å². The van der Waals surface area contributed by atoms with E-state index < -0.39 is 5.03 Å². The van der Waals surface area contributed by atoms with E-state index in [1.54, 1.807) is 0 Å².